The molecule has 6 N–H and O–H groups in total. The third kappa shape index (κ3) is 3.44. The topological polar surface area (TPSA) is 175 Å². The van der Waals surface area contributed by atoms with Gasteiger partial charge in [0.2, 0.25) is 6.29 Å². The highest BCUT2D eigenvalue weighted by atomic mass is 16.8. The van der Waals surface area contributed by atoms with Crippen LogP contribution in [-0.4, -0.2) is 99.5 Å². The van der Waals surface area contributed by atoms with Crippen molar-refractivity contribution in [1.29, 1.82) is 0 Å². The molecule has 0 aromatic rings. The molecule has 3 aliphatic rings. The van der Waals surface area contributed by atoms with E-state index in [-0.39, 0.29) is 5.57 Å². The van der Waals surface area contributed by atoms with Crippen LogP contribution in [0.2, 0.25) is 0 Å². The number of allylic oxidation sites excluding steroid dienone is 1. The monoisotopic (exact) mass is 404 g/mol. The van der Waals surface area contributed by atoms with E-state index in [2.05, 4.69) is 0 Å². The van der Waals surface area contributed by atoms with Crippen LogP contribution in [0.25, 0.3) is 0 Å². The van der Waals surface area contributed by atoms with E-state index in [1.807, 2.05) is 0 Å². The van der Waals surface area contributed by atoms with Crippen molar-refractivity contribution in [1.82, 2.24) is 0 Å². The number of carbonyl (C=O) groups is 1. The second kappa shape index (κ2) is 8.05. The summed E-state index contributed by atoms with van der Waals surface area (Å²) in [5, 5.41) is 59.5. The van der Waals surface area contributed by atoms with Gasteiger partial charge in [0.15, 0.2) is 6.29 Å². The fraction of sp³-hybridized carbons (Fsp3) is 0.706. The number of methoxy groups -OCH3 is 1. The predicted octanol–water partition coefficient (Wildman–Crippen LogP) is -3.26. The van der Waals surface area contributed by atoms with Gasteiger partial charge in [-0.2, -0.15) is 0 Å². The first-order valence-electron chi connectivity index (χ1n) is 8.69. The van der Waals surface area contributed by atoms with Gasteiger partial charge in [0.25, 0.3) is 0 Å². The predicted molar refractivity (Wildman–Crippen MR) is 88.0 cm³/mol. The van der Waals surface area contributed by atoms with Gasteiger partial charge in [0, 0.05) is 5.92 Å². The molecule has 0 bridgehead atoms. The lowest BCUT2D eigenvalue weighted by molar-refractivity contribution is -0.346. The quantitative estimate of drug-likeness (QED) is 0.200. The molecule has 3 rings (SSSR count). The van der Waals surface area contributed by atoms with E-state index in [9.17, 15) is 35.4 Å². The maximum atomic E-state index is 12.0. The Hall–Kier alpha value is -1.57. The maximum absolute atomic E-state index is 12.0. The molecule has 0 unspecified atom stereocenters. The van der Waals surface area contributed by atoms with Crippen LogP contribution in [-0.2, 0) is 23.7 Å². The highest BCUT2D eigenvalue weighted by molar-refractivity contribution is 5.89. The summed E-state index contributed by atoms with van der Waals surface area (Å²) in [7, 11) is 1.19. The van der Waals surface area contributed by atoms with E-state index in [0.29, 0.717) is 0 Å². The first kappa shape index (κ1) is 21.1. The molecule has 1 fully saturated rings. The second-order valence-corrected chi connectivity index (χ2v) is 6.96. The SMILES string of the molecule is COC(=O)C1=CO[C@@H](O[C@H]2O[C@@H](CO)[C@H](O)[C@@H](O)[C@@H]2O)[C@@H]2[C@H]1C=C[C@]2(O)CO. The summed E-state index contributed by atoms with van der Waals surface area (Å²) in [6, 6.07) is 0. The van der Waals surface area contributed by atoms with E-state index in [1.165, 1.54) is 19.3 Å². The van der Waals surface area contributed by atoms with Gasteiger partial charge in [-0.05, 0) is 0 Å². The number of carbonyl (C=O) groups excluding carboxylic acids is 1. The number of aliphatic hydroxyl groups excluding tert-OH is 5. The van der Waals surface area contributed by atoms with Crippen molar-refractivity contribution in [3.8, 4) is 0 Å². The van der Waals surface area contributed by atoms with Crippen LogP contribution in [0.5, 0.6) is 0 Å². The summed E-state index contributed by atoms with van der Waals surface area (Å²) in [5.74, 6) is -2.40. The Kier molecular flexibility index (Phi) is 6.08. The molecule has 1 saturated heterocycles. The van der Waals surface area contributed by atoms with Crippen LogP contribution < -0.4 is 0 Å². The average molecular weight is 404 g/mol. The van der Waals surface area contributed by atoms with Gasteiger partial charge in [-0.1, -0.05) is 12.2 Å². The van der Waals surface area contributed by atoms with Crippen LogP contribution in [0.1, 0.15) is 0 Å². The Morgan fingerprint density at radius 1 is 1.18 bits per heavy atom. The zero-order valence-corrected chi connectivity index (χ0v) is 15.0. The first-order valence-corrected chi connectivity index (χ1v) is 8.69. The van der Waals surface area contributed by atoms with Crippen molar-refractivity contribution < 1.29 is 54.4 Å². The van der Waals surface area contributed by atoms with E-state index in [4.69, 9.17) is 18.9 Å². The standard InChI is InChI=1S/C17H24O11/c1-25-14(23)8-5-26-15(10-7(8)2-3-17(10,24)6-19)28-16-13(22)12(21)11(20)9(4-18)27-16/h2-3,5,7,9-13,15-16,18-22,24H,4,6H2,1H3/t7-,9-,10-,11-,12+,13-,15-,16+,17-/m0/s1. The van der Waals surface area contributed by atoms with E-state index in [1.54, 1.807) is 0 Å². The van der Waals surface area contributed by atoms with Gasteiger partial charge in [0.1, 0.15) is 30.0 Å². The van der Waals surface area contributed by atoms with Crippen molar-refractivity contribution in [2.24, 2.45) is 11.8 Å². The highest BCUT2D eigenvalue weighted by Crippen LogP contribution is 2.45. The number of aliphatic hydroxyl groups is 6. The van der Waals surface area contributed by atoms with Gasteiger partial charge in [-0.3, -0.25) is 0 Å². The molecule has 9 atom stereocenters. The zero-order chi connectivity index (χ0) is 20.6. The van der Waals surface area contributed by atoms with Gasteiger partial charge in [0.05, 0.1) is 38.1 Å². The molecule has 2 aliphatic heterocycles. The number of fused-ring (bicyclic) bond motifs is 1. The number of rotatable bonds is 5. The molecule has 0 amide bonds. The largest absolute Gasteiger partial charge is 0.471 e. The maximum Gasteiger partial charge on any atom is 0.337 e. The number of esters is 1. The average Bonchev–Trinajstić information content (AvgIpc) is 3.06. The lowest BCUT2D eigenvalue weighted by Gasteiger charge is -2.44. The molecule has 0 spiro atoms. The first-order chi connectivity index (χ1) is 13.3. The summed E-state index contributed by atoms with van der Waals surface area (Å²) in [5.41, 5.74) is -1.70. The van der Waals surface area contributed by atoms with Crippen LogP contribution in [0.15, 0.2) is 24.0 Å². The minimum atomic E-state index is -1.79. The molecule has 0 aromatic heterocycles. The minimum Gasteiger partial charge on any atom is -0.471 e. The smallest absolute Gasteiger partial charge is 0.337 e. The molecule has 158 valence electrons. The van der Waals surface area contributed by atoms with Gasteiger partial charge in [-0.15, -0.1) is 0 Å². The summed E-state index contributed by atoms with van der Waals surface area (Å²) < 4.78 is 21.0. The molecule has 28 heavy (non-hydrogen) atoms. The zero-order valence-electron chi connectivity index (χ0n) is 15.0. The Morgan fingerprint density at radius 3 is 2.50 bits per heavy atom. The van der Waals surface area contributed by atoms with Gasteiger partial charge < -0.3 is 49.6 Å². The molecule has 0 saturated carbocycles. The molecule has 1 aliphatic carbocycles. The van der Waals surface area contributed by atoms with Crippen molar-refractivity contribution in [2.45, 2.75) is 42.6 Å². The van der Waals surface area contributed by atoms with Gasteiger partial charge >= 0.3 is 5.97 Å². The van der Waals surface area contributed by atoms with Gasteiger partial charge in [-0.25, -0.2) is 4.79 Å². The summed E-state index contributed by atoms with van der Waals surface area (Å²) in [4.78, 5) is 12.0. The molecule has 2 heterocycles. The minimum absolute atomic E-state index is 0.0989. The molecule has 0 aromatic carbocycles. The summed E-state index contributed by atoms with van der Waals surface area (Å²) in [6.07, 6.45) is -4.99. The third-order valence-electron chi connectivity index (χ3n) is 5.33. The van der Waals surface area contributed by atoms with Crippen molar-refractivity contribution in [2.75, 3.05) is 20.3 Å². The lowest BCUT2D eigenvalue weighted by Crippen LogP contribution is -2.61. The highest BCUT2D eigenvalue weighted by Gasteiger charge is 2.55. The molecular formula is C17H24O11. The molecule has 11 nitrogen and oxygen atoms in total. The van der Waals surface area contributed by atoms with E-state index in [0.717, 1.165) is 6.26 Å². The Bertz CT molecular complexity index is 647. The fourth-order valence-electron chi connectivity index (χ4n) is 3.71. The van der Waals surface area contributed by atoms with Crippen LogP contribution in [0, 0.1) is 11.8 Å². The van der Waals surface area contributed by atoms with Crippen LogP contribution in [0.3, 0.4) is 0 Å². The Balaban J connectivity index is 1.85. The lowest BCUT2D eigenvalue weighted by atomic mass is 9.79. The Morgan fingerprint density at radius 2 is 1.89 bits per heavy atom. The normalized spacial score (nSPS) is 45.2. The van der Waals surface area contributed by atoms with Crippen molar-refractivity contribution >= 4 is 5.97 Å². The number of hydrogen-bond acceptors (Lipinski definition) is 11. The van der Waals surface area contributed by atoms with Crippen molar-refractivity contribution in [3.05, 3.63) is 24.0 Å². The number of ether oxygens (including phenoxy) is 4. The third-order valence-corrected chi connectivity index (χ3v) is 5.33. The molecule has 11 heteroatoms. The van der Waals surface area contributed by atoms with E-state index >= 15 is 0 Å². The summed E-state index contributed by atoms with van der Waals surface area (Å²) in [6.45, 7) is -1.34. The fourth-order valence-corrected chi connectivity index (χ4v) is 3.71. The number of hydrogen-bond donors (Lipinski definition) is 6. The van der Waals surface area contributed by atoms with Crippen molar-refractivity contribution in [3.63, 3.8) is 0 Å². The van der Waals surface area contributed by atoms with Crippen LogP contribution >= 0.6 is 0 Å². The Labute approximate surface area is 160 Å². The summed E-state index contributed by atoms with van der Waals surface area (Å²) >= 11 is 0. The molecule has 0 radical (unpaired) electrons. The van der Waals surface area contributed by atoms with E-state index < -0.39 is 73.6 Å². The second-order valence-electron chi connectivity index (χ2n) is 6.96. The van der Waals surface area contributed by atoms with Crippen LogP contribution in [0.4, 0.5) is 0 Å². The molecular weight excluding hydrogens is 380 g/mol.